The average Bonchev–Trinajstić information content (AvgIpc) is 3.69. The first-order valence-electron chi connectivity index (χ1n) is 20.1. The Morgan fingerprint density at radius 2 is 1.54 bits per heavy atom. The first kappa shape index (κ1) is 39.0. The van der Waals surface area contributed by atoms with E-state index in [9.17, 15) is 20.0 Å². The van der Waals surface area contributed by atoms with Crippen LogP contribution in [0.5, 0.6) is 5.75 Å². The molecule has 0 saturated heterocycles. The maximum atomic E-state index is 15.0. The van der Waals surface area contributed by atoms with Crippen molar-refractivity contribution >= 4 is 29.1 Å². The molecule has 6 aromatic rings. The van der Waals surface area contributed by atoms with Crippen molar-refractivity contribution in [1.82, 2.24) is 18.9 Å². The zero-order valence-electron chi connectivity index (χ0n) is 34.4. The zero-order valence-corrected chi connectivity index (χ0v) is 34.4. The number of hydrogen-bond donors (Lipinski definition) is 1. The summed E-state index contributed by atoms with van der Waals surface area (Å²) in [5, 5.41) is 20.0. The van der Waals surface area contributed by atoms with Gasteiger partial charge in [-0.1, -0.05) is 54.1 Å². The summed E-state index contributed by atoms with van der Waals surface area (Å²) in [7, 11) is 3.70. The van der Waals surface area contributed by atoms with Gasteiger partial charge in [0.05, 0.1) is 17.7 Å². The van der Waals surface area contributed by atoms with Crippen LogP contribution in [0.2, 0.25) is 0 Å². The van der Waals surface area contributed by atoms with Crippen molar-refractivity contribution in [3.63, 3.8) is 0 Å². The number of rotatable bonds is 7. The van der Waals surface area contributed by atoms with Crippen LogP contribution in [-0.4, -0.2) is 54.3 Å². The number of benzene rings is 4. The molecule has 2 aromatic heterocycles. The van der Waals surface area contributed by atoms with Gasteiger partial charge in [-0.15, -0.1) is 0 Å². The molecule has 59 heavy (non-hydrogen) atoms. The third kappa shape index (κ3) is 7.18. The van der Waals surface area contributed by atoms with E-state index in [0.29, 0.717) is 72.1 Å². The van der Waals surface area contributed by atoms with E-state index in [0.717, 1.165) is 45.5 Å². The predicted octanol–water partition coefficient (Wildman–Crippen LogP) is 8.23. The van der Waals surface area contributed by atoms with Crippen molar-refractivity contribution < 1.29 is 19.5 Å². The number of aromatic hydroxyl groups is 1. The van der Waals surface area contributed by atoms with Crippen molar-refractivity contribution in [2.24, 2.45) is 14.1 Å². The Morgan fingerprint density at radius 1 is 0.797 bits per heavy atom. The Labute approximate surface area is 345 Å². The minimum Gasteiger partial charge on any atom is -0.508 e. The van der Waals surface area contributed by atoms with Crippen LogP contribution in [0.25, 0.3) is 11.3 Å². The van der Waals surface area contributed by atoms with Crippen LogP contribution >= 0.6 is 0 Å². The molecular formula is C49H48N6O4. The summed E-state index contributed by atoms with van der Waals surface area (Å²) < 4.78 is 3.72. The highest BCUT2D eigenvalue weighted by Crippen LogP contribution is 2.38. The SMILES string of the molecule is Cc1cccc(CC(=O)N2CCc3cc(-c4cc(C(=O)N(c5ccc(O)cc5)c5cc(C#N)n(C)c5C)c(C)n4C)c(C(=O)N4Cc5ccccc5C[C@H]4C)cc3C2)c1. The van der Waals surface area contributed by atoms with Gasteiger partial charge in [-0.25, -0.2) is 0 Å². The van der Waals surface area contributed by atoms with Crippen LogP contribution in [0.4, 0.5) is 11.4 Å². The fourth-order valence-electron chi connectivity index (χ4n) is 8.70. The molecule has 0 aliphatic carbocycles. The first-order valence-corrected chi connectivity index (χ1v) is 20.1. The van der Waals surface area contributed by atoms with Gasteiger partial charge in [-0.3, -0.25) is 19.3 Å². The Balaban J connectivity index is 1.22. The fourth-order valence-corrected chi connectivity index (χ4v) is 8.70. The molecule has 2 aliphatic heterocycles. The van der Waals surface area contributed by atoms with Crippen LogP contribution in [0.15, 0.2) is 97.1 Å². The third-order valence-electron chi connectivity index (χ3n) is 12.4. The van der Waals surface area contributed by atoms with Crippen LogP contribution in [0.1, 0.15) is 78.1 Å². The number of carbonyl (C=O) groups excluding carboxylic acids is 3. The van der Waals surface area contributed by atoms with E-state index in [1.54, 1.807) is 34.7 Å². The summed E-state index contributed by atoms with van der Waals surface area (Å²) in [6.07, 6.45) is 1.68. The number of nitriles is 1. The average molecular weight is 785 g/mol. The number of amides is 3. The third-order valence-corrected chi connectivity index (χ3v) is 12.4. The van der Waals surface area contributed by atoms with E-state index in [1.165, 1.54) is 17.7 Å². The van der Waals surface area contributed by atoms with E-state index in [-0.39, 0.29) is 29.5 Å². The second kappa shape index (κ2) is 15.5. The molecule has 8 rings (SSSR count). The molecule has 0 saturated carbocycles. The molecule has 4 heterocycles. The van der Waals surface area contributed by atoms with Gasteiger partial charge in [-0.2, -0.15) is 5.26 Å². The van der Waals surface area contributed by atoms with E-state index in [2.05, 4.69) is 31.2 Å². The molecule has 4 aromatic carbocycles. The number of carbonyl (C=O) groups is 3. The van der Waals surface area contributed by atoms with Crippen molar-refractivity contribution in [3.05, 3.63) is 159 Å². The second-order valence-electron chi connectivity index (χ2n) is 16.1. The summed E-state index contributed by atoms with van der Waals surface area (Å²) in [6.45, 7) is 9.31. The molecule has 298 valence electrons. The molecule has 0 fully saturated rings. The fraction of sp³-hybridized carbons (Fsp3) is 0.265. The van der Waals surface area contributed by atoms with Crippen molar-refractivity contribution in [1.29, 1.82) is 5.26 Å². The zero-order chi connectivity index (χ0) is 41.7. The Kier molecular flexibility index (Phi) is 10.2. The number of anilines is 2. The number of aromatic nitrogens is 2. The Bertz CT molecular complexity index is 2700. The second-order valence-corrected chi connectivity index (χ2v) is 16.1. The van der Waals surface area contributed by atoms with Gasteiger partial charge in [0.15, 0.2) is 0 Å². The Morgan fingerprint density at radius 3 is 2.25 bits per heavy atom. The predicted molar refractivity (Wildman–Crippen MR) is 229 cm³/mol. The molecule has 0 unspecified atom stereocenters. The van der Waals surface area contributed by atoms with Gasteiger partial charge < -0.3 is 24.0 Å². The van der Waals surface area contributed by atoms with Gasteiger partial charge in [0.1, 0.15) is 17.5 Å². The van der Waals surface area contributed by atoms with Gasteiger partial charge in [0.25, 0.3) is 11.8 Å². The standard InChI is InChI=1S/C49H48N6O4/c1-30-10-9-11-34(20-30)22-47(57)53-19-18-36-23-43(44(24-38(36)28-53)48(58)54-29-37-13-8-7-12-35(37)21-31(54)2)46-26-42(32(3)52(46)6)49(59)55(39-14-16-41(56)17-15-39)45-25-40(27-50)51(5)33(45)4/h7-17,20,23-26,31,56H,18-19,21-22,28-29H2,1-6H3/t31-/m1/s1. The van der Waals surface area contributed by atoms with Gasteiger partial charge in [0.2, 0.25) is 5.91 Å². The summed E-state index contributed by atoms with van der Waals surface area (Å²) in [5.41, 5.74) is 11.8. The largest absolute Gasteiger partial charge is 0.508 e. The monoisotopic (exact) mass is 784 g/mol. The van der Waals surface area contributed by atoms with Crippen molar-refractivity contribution in [2.75, 3.05) is 11.4 Å². The van der Waals surface area contributed by atoms with Gasteiger partial charge in [0, 0.05) is 73.7 Å². The van der Waals surface area contributed by atoms with E-state index in [1.807, 2.05) is 90.7 Å². The summed E-state index contributed by atoms with van der Waals surface area (Å²) in [4.78, 5) is 49.1. The minimum absolute atomic E-state index is 0.0488. The molecule has 10 heteroatoms. The highest BCUT2D eigenvalue weighted by atomic mass is 16.3. The molecule has 10 nitrogen and oxygen atoms in total. The van der Waals surface area contributed by atoms with Crippen LogP contribution in [0, 0.1) is 32.1 Å². The van der Waals surface area contributed by atoms with E-state index >= 15 is 4.79 Å². The highest BCUT2D eigenvalue weighted by molar-refractivity contribution is 6.13. The molecule has 1 N–H and O–H groups in total. The lowest BCUT2D eigenvalue weighted by atomic mass is 9.89. The van der Waals surface area contributed by atoms with Crippen LogP contribution < -0.4 is 4.90 Å². The molecule has 0 radical (unpaired) electrons. The normalized spacial score (nSPS) is 14.7. The van der Waals surface area contributed by atoms with Crippen LogP contribution in [0.3, 0.4) is 0 Å². The number of aryl methyl sites for hydroxylation is 1. The summed E-state index contributed by atoms with van der Waals surface area (Å²) >= 11 is 0. The highest BCUT2D eigenvalue weighted by Gasteiger charge is 2.33. The summed E-state index contributed by atoms with van der Waals surface area (Å²) in [6, 6.07) is 32.5. The topological polar surface area (TPSA) is 115 Å². The Hall–Kier alpha value is -6.86. The molecule has 0 spiro atoms. The number of phenols is 1. The quantitative estimate of drug-likeness (QED) is 0.175. The van der Waals surface area contributed by atoms with Crippen molar-refractivity contribution in [3.8, 4) is 23.1 Å². The summed E-state index contributed by atoms with van der Waals surface area (Å²) in [5.74, 6) is -0.302. The minimum atomic E-state index is -0.317. The number of phenolic OH excluding ortho intramolecular Hbond substituents is 1. The van der Waals surface area contributed by atoms with E-state index < -0.39 is 0 Å². The smallest absolute Gasteiger partial charge is 0.264 e. The maximum Gasteiger partial charge on any atom is 0.264 e. The maximum absolute atomic E-state index is 15.0. The van der Waals surface area contributed by atoms with E-state index in [4.69, 9.17) is 0 Å². The van der Waals surface area contributed by atoms with Crippen LogP contribution in [-0.2, 0) is 51.2 Å². The number of fused-ring (bicyclic) bond motifs is 2. The molecule has 3 amide bonds. The number of hydrogen-bond acceptors (Lipinski definition) is 5. The lowest BCUT2D eigenvalue weighted by Crippen LogP contribution is -2.43. The molecule has 0 bridgehead atoms. The lowest BCUT2D eigenvalue weighted by molar-refractivity contribution is -0.131. The molecule has 1 atom stereocenters. The number of nitrogens with zero attached hydrogens (tertiary/aromatic N) is 6. The molecular weight excluding hydrogens is 737 g/mol. The van der Waals surface area contributed by atoms with Gasteiger partial charge in [-0.05, 0) is 117 Å². The molecule has 2 aliphatic rings. The van der Waals surface area contributed by atoms with Crippen molar-refractivity contribution in [2.45, 2.75) is 66.1 Å². The lowest BCUT2D eigenvalue weighted by Gasteiger charge is -2.36. The first-order chi connectivity index (χ1) is 28.3. The van der Waals surface area contributed by atoms with Gasteiger partial charge >= 0.3 is 0 Å².